The van der Waals surface area contributed by atoms with Crippen LogP contribution in [0.4, 0.5) is 5.69 Å². The van der Waals surface area contributed by atoms with Gasteiger partial charge in [0.25, 0.3) is 11.5 Å². The predicted octanol–water partition coefficient (Wildman–Crippen LogP) is 1.78. The van der Waals surface area contributed by atoms with Crippen molar-refractivity contribution in [1.82, 2.24) is 4.57 Å². The Morgan fingerprint density at radius 3 is 2.32 bits per heavy atom. The number of rotatable bonds is 1. The SMILES string of the molecule is CC(=O)C1C(=O)N(C)c2ccccc21.O=C1c2cc3ccc2c(=O)n31. The topological polar surface area (TPSA) is 76.5 Å². The first-order valence-electron chi connectivity index (χ1n) is 7.81. The standard InChI is InChI=1S/C11H11NO2.C8H3NO2/c1-7(13)10-8-5-3-4-6-9(8)12(2)11(10)14;10-7-5-2-1-4-3-6(5)8(11)9(4)7/h3-6,10H,1-2H3;1-3H. The van der Waals surface area contributed by atoms with E-state index in [2.05, 4.69) is 0 Å². The maximum absolute atomic E-state index is 11.7. The van der Waals surface area contributed by atoms with Gasteiger partial charge < -0.3 is 4.90 Å². The number of amides is 1. The van der Waals surface area contributed by atoms with Crippen LogP contribution < -0.4 is 10.5 Å². The lowest BCUT2D eigenvalue weighted by Crippen LogP contribution is -2.26. The van der Waals surface area contributed by atoms with Crippen molar-refractivity contribution in [3.63, 3.8) is 0 Å². The zero-order valence-corrected chi connectivity index (χ0v) is 13.6. The maximum Gasteiger partial charge on any atom is 0.266 e. The summed E-state index contributed by atoms with van der Waals surface area (Å²) in [6.07, 6.45) is 0. The van der Waals surface area contributed by atoms with Gasteiger partial charge in [-0.3, -0.25) is 19.2 Å². The highest BCUT2D eigenvalue weighted by Crippen LogP contribution is 2.36. The molecule has 0 fully saturated rings. The lowest BCUT2D eigenvalue weighted by atomic mass is 9.97. The number of carbonyl (C=O) groups is 3. The highest BCUT2D eigenvalue weighted by atomic mass is 16.2. The van der Waals surface area contributed by atoms with Gasteiger partial charge in [-0.15, -0.1) is 0 Å². The van der Waals surface area contributed by atoms with Crippen molar-refractivity contribution in [1.29, 1.82) is 0 Å². The molecule has 3 aromatic rings. The smallest absolute Gasteiger partial charge is 0.266 e. The Hall–Kier alpha value is -3.28. The molecule has 4 heterocycles. The Morgan fingerprint density at radius 1 is 1.04 bits per heavy atom. The summed E-state index contributed by atoms with van der Waals surface area (Å²) >= 11 is 0. The van der Waals surface area contributed by atoms with Crippen molar-refractivity contribution in [3.8, 4) is 0 Å². The summed E-state index contributed by atoms with van der Waals surface area (Å²) in [4.78, 5) is 47.0. The molecule has 0 saturated heterocycles. The second kappa shape index (κ2) is 5.11. The van der Waals surface area contributed by atoms with Crippen LogP contribution in [0.3, 0.4) is 0 Å². The predicted molar refractivity (Wildman–Crippen MR) is 92.4 cm³/mol. The van der Waals surface area contributed by atoms with Crippen molar-refractivity contribution in [2.75, 3.05) is 11.9 Å². The van der Waals surface area contributed by atoms with Gasteiger partial charge in [-0.05, 0) is 36.8 Å². The highest BCUT2D eigenvalue weighted by molar-refractivity contribution is 6.17. The molecule has 3 aliphatic heterocycles. The third kappa shape index (κ3) is 1.97. The molecule has 1 aromatic heterocycles. The van der Waals surface area contributed by atoms with E-state index in [1.165, 1.54) is 11.5 Å². The lowest BCUT2D eigenvalue weighted by Gasteiger charge is -2.09. The molecule has 124 valence electrons. The molecule has 0 radical (unpaired) electrons. The van der Waals surface area contributed by atoms with Crippen molar-refractivity contribution < 1.29 is 14.4 Å². The summed E-state index contributed by atoms with van der Waals surface area (Å²) in [6, 6.07) is 12.6. The lowest BCUT2D eigenvalue weighted by molar-refractivity contribution is -0.126. The minimum absolute atomic E-state index is 0.0909. The number of nitrogens with zero attached hydrogens (tertiary/aromatic N) is 2. The highest BCUT2D eigenvalue weighted by Gasteiger charge is 2.37. The first kappa shape index (κ1) is 15.3. The molecular weight excluding hydrogens is 320 g/mol. The first-order valence-corrected chi connectivity index (χ1v) is 7.81. The summed E-state index contributed by atoms with van der Waals surface area (Å²) < 4.78 is 1.21. The Kier molecular flexibility index (Phi) is 3.12. The molecule has 0 N–H and O–H groups in total. The Labute approximate surface area is 142 Å². The number of Topliss-reactive ketones (excluding diaryl/α,β-unsaturated/α-hetero) is 1. The summed E-state index contributed by atoms with van der Waals surface area (Å²) in [5.41, 5.74) is 2.78. The van der Waals surface area contributed by atoms with Crippen LogP contribution in [0.1, 0.15) is 28.8 Å². The molecule has 25 heavy (non-hydrogen) atoms. The molecule has 0 spiro atoms. The van der Waals surface area contributed by atoms with Gasteiger partial charge in [0.05, 0.1) is 16.5 Å². The van der Waals surface area contributed by atoms with E-state index >= 15 is 0 Å². The first-order chi connectivity index (χ1) is 11.9. The summed E-state index contributed by atoms with van der Waals surface area (Å²) in [7, 11) is 1.70. The molecule has 4 bridgehead atoms. The third-order valence-electron chi connectivity index (χ3n) is 4.72. The quantitative estimate of drug-likeness (QED) is 0.497. The van der Waals surface area contributed by atoms with Crippen LogP contribution in [0.2, 0.25) is 0 Å². The summed E-state index contributed by atoms with van der Waals surface area (Å²) in [5, 5.41) is 0.546. The van der Waals surface area contributed by atoms with Gasteiger partial charge in [0, 0.05) is 12.7 Å². The fourth-order valence-corrected chi connectivity index (χ4v) is 3.48. The summed E-state index contributed by atoms with van der Waals surface area (Å²) in [5.74, 6) is -0.966. The number of hydrogen-bond donors (Lipinski definition) is 0. The molecule has 0 saturated carbocycles. The maximum atomic E-state index is 11.7. The van der Waals surface area contributed by atoms with Crippen molar-refractivity contribution in [3.05, 3.63) is 63.9 Å². The molecule has 1 unspecified atom stereocenters. The molecule has 3 aliphatic rings. The molecule has 6 heteroatoms. The monoisotopic (exact) mass is 334 g/mol. The fraction of sp³-hybridized carbons (Fsp3) is 0.158. The number of hydrogen-bond acceptors (Lipinski definition) is 4. The van der Waals surface area contributed by atoms with Crippen molar-refractivity contribution in [2.24, 2.45) is 0 Å². The number of likely N-dealkylation sites (N-methyl/N-ethyl adjacent to an activating group) is 1. The molecule has 1 atom stereocenters. The van der Waals surface area contributed by atoms with Crippen molar-refractivity contribution in [2.45, 2.75) is 12.8 Å². The van der Waals surface area contributed by atoms with E-state index in [1.807, 2.05) is 24.3 Å². The van der Waals surface area contributed by atoms with E-state index in [1.54, 1.807) is 30.1 Å². The Morgan fingerprint density at radius 2 is 1.76 bits per heavy atom. The van der Waals surface area contributed by atoms with E-state index < -0.39 is 5.92 Å². The van der Waals surface area contributed by atoms with E-state index in [0.29, 0.717) is 16.5 Å². The van der Waals surface area contributed by atoms with Crippen LogP contribution >= 0.6 is 0 Å². The van der Waals surface area contributed by atoms with E-state index in [0.717, 1.165) is 11.3 Å². The number of carbonyl (C=O) groups excluding carboxylic acids is 3. The molecule has 6 nitrogen and oxygen atoms in total. The van der Waals surface area contributed by atoms with Gasteiger partial charge in [-0.1, -0.05) is 18.2 Å². The van der Waals surface area contributed by atoms with Gasteiger partial charge in [-0.2, -0.15) is 0 Å². The van der Waals surface area contributed by atoms with E-state index in [9.17, 15) is 19.2 Å². The molecule has 0 aliphatic carbocycles. The minimum atomic E-state index is -0.587. The van der Waals surface area contributed by atoms with Crippen molar-refractivity contribution >= 4 is 34.2 Å². The van der Waals surface area contributed by atoms with Gasteiger partial charge in [-0.25, -0.2) is 4.57 Å². The van der Waals surface area contributed by atoms with E-state index in [4.69, 9.17) is 0 Å². The van der Waals surface area contributed by atoms with Crippen LogP contribution in [0.25, 0.3) is 10.9 Å². The largest absolute Gasteiger partial charge is 0.314 e. The van der Waals surface area contributed by atoms with Crippen LogP contribution in [0, 0.1) is 0 Å². The van der Waals surface area contributed by atoms with Crippen LogP contribution in [0.15, 0.2) is 47.3 Å². The fourth-order valence-electron chi connectivity index (χ4n) is 3.48. The van der Waals surface area contributed by atoms with Gasteiger partial charge in [0.1, 0.15) is 11.7 Å². The second-order valence-electron chi connectivity index (χ2n) is 6.18. The Balaban J connectivity index is 0.000000128. The van der Waals surface area contributed by atoms with Gasteiger partial charge >= 0.3 is 0 Å². The third-order valence-corrected chi connectivity index (χ3v) is 4.72. The number of anilines is 1. The zero-order chi connectivity index (χ0) is 17.9. The molecule has 1 amide bonds. The van der Waals surface area contributed by atoms with Gasteiger partial charge in [0.2, 0.25) is 5.91 Å². The molecule has 6 rings (SSSR count). The molecule has 2 aromatic carbocycles. The normalized spacial score (nSPS) is 17.2. The summed E-state index contributed by atoms with van der Waals surface area (Å²) in [6.45, 7) is 1.46. The number of benzene rings is 2. The zero-order valence-electron chi connectivity index (χ0n) is 13.6. The average Bonchev–Trinajstić information content (AvgIpc) is 3.10. The Bertz CT molecular complexity index is 1110. The number of pyridine rings is 2. The van der Waals surface area contributed by atoms with Crippen LogP contribution in [0.5, 0.6) is 0 Å². The van der Waals surface area contributed by atoms with Crippen LogP contribution in [-0.4, -0.2) is 29.2 Å². The second-order valence-corrected chi connectivity index (χ2v) is 6.18. The number of para-hydroxylation sites is 1. The average molecular weight is 334 g/mol. The minimum Gasteiger partial charge on any atom is -0.314 e. The molecular formula is C19H14N2O4. The van der Waals surface area contributed by atoms with Crippen LogP contribution in [-0.2, 0) is 9.59 Å². The van der Waals surface area contributed by atoms with Gasteiger partial charge in [0.15, 0.2) is 0 Å². The number of ketones is 1. The number of fused-ring (bicyclic) bond motifs is 2. The van der Waals surface area contributed by atoms with E-state index in [-0.39, 0.29) is 23.2 Å². The number of aromatic nitrogens is 1.